The summed E-state index contributed by atoms with van der Waals surface area (Å²) in [5.74, 6) is -3.47. The van der Waals surface area contributed by atoms with Crippen LogP contribution in [0.1, 0.15) is 56.3 Å². The minimum atomic E-state index is -4.43. The van der Waals surface area contributed by atoms with Gasteiger partial charge in [-0.25, -0.2) is 4.79 Å². The second-order valence-corrected chi connectivity index (χ2v) is 9.30. The monoisotopic (exact) mass is 440 g/mol. The average Bonchev–Trinajstić information content (AvgIpc) is 3.20. The van der Waals surface area contributed by atoms with Gasteiger partial charge in [0.2, 0.25) is 0 Å². The van der Waals surface area contributed by atoms with E-state index >= 15 is 0 Å². The Kier molecular flexibility index (Phi) is 8.58. The molecule has 0 aliphatic carbocycles. The lowest BCUT2D eigenvalue weighted by Gasteiger charge is -2.29. The van der Waals surface area contributed by atoms with Crippen molar-refractivity contribution in [2.24, 2.45) is 0 Å². The first-order chi connectivity index (χ1) is 14.2. The van der Waals surface area contributed by atoms with Crippen LogP contribution < -0.4 is 5.32 Å². The lowest BCUT2D eigenvalue weighted by Crippen LogP contribution is -2.45. The predicted octanol–water partition coefficient (Wildman–Crippen LogP) is 2.60. The molecule has 3 N–H and O–H groups in total. The molecule has 0 aromatic heterocycles. The van der Waals surface area contributed by atoms with Gasteiger partial charge in [0, 0.05) is 12.1 Å². The Balaban J connectivity index is 2.11. The maximum Gasteiger partial charge on any atom is 0.350 e. The summed E-state index contributed by atoms with van der Waals surface area (Å²) in [6.45, 7) is 3.48. The summed E-state index contributed by atoms with van der Waals surface area (Å²) in [5.41, 5.74) is 0.337. The molecule has 1 saturated heterocycles. The molecule has 166 valence electrons. The highest BCUT2D eigenvalue weighted by atomic mass is 31.2. The number of unbranched alkanes of at least 4 members (excludes halogenated alkanes) is 1. The number of nitrogens with one attached hydrogen (secondary N) is 1. The lowest BCUT2D eigenvalue weighted by atomic mass is 10.2. The zero-order chi connectivity index (χ0) is 22.3. The molecule has 1 aliphatic rings. The molecule has 1 aromatic rings. The first-order valence-corrected chi connectivity index (χ1v) is 11.7. The summed E-state index contributed by atoms with van der Waals surface area (Å²) in [7, 11) is -4.43. The number of carboxylic acid groups (broad SMARTS) is 1. The molecule has 0 spiro atoms. The van der Waals surface area contributed by atoms with Crippen LogP contribution in [0, 0.1) is 0 Å². The van der Waals surface area contributed by atoms with Crippen molar-refractivity contribution in [3.05, 3.63) is 35.9 Å². The van der Waals surface area contributed by atoms with Crippen LogP contribution in [0.3, 0.4) is 0 Å². The van der Waals surface area contributed by atoms with Crippen molar-refractivity contribution in [2.75, 3.05) is 6.54 Å². The number of rotatable bonds is 10. The SMILES string of the molecule is CCCC[C@@H](NC(=O)c1ccccc1)P(=O)(O)OC(C)C(=O)N1CCC[C@H]1C(=O)O. The number of carbonyl (C=O) groups is 3. The van der Waals surface area contributed by atoms with Gasteiger partial charge in [0.05, 0.1) is 0 Å². The van der Waals surface area contributed by atoms with Gasteiger partial charge in [-0.1, -0.05) is 38.0 Å². The van der Waals surface area contributed by atoms with E-state index < -0.39 is 43.3 Å². The molecule has 0 bridgehead atoms. The van der Waals surface area contributed by atoms with E-state index in [4.69, 9.17) is 4.52 Å². The number of amides is 2. The number of carbonyl (C=O) groups excluding carboxylic acids is 2. The largest absolute Gasteiger partial charge is 0.480 e. The van der Waals surface area contributed by atoms with Gasteiger partial charge in [0.25, 0.3) is 11.8 Å². The van der Waals surface area contributed by atoms with E-state index in [1.54, 1.807) is 30.3 Å². The molecule has 2 unspecified atom stereocenters. The normalized spacial score (nSPS) is 20.2. The predicted molar refractivity (Wildman–Crippen MR) is 110 cm³/mol. The molecular formula is C20H29N2O7P. The van der Waals surface area contributed by atoms with E-state index in [2.05, 4.69) is 5.32 Å². The molecule has 1 aliphatic heterocycles. The molecule has 0 radical (unpaired) electrons. The summed E-state index contributed by atoms with van der Waals surface area (Å²) < 4.78 is 18.2. The quantitative estimate of drug-likeness (QED) is 0.476. The van der Waals surface area contributed by atoms with E-state index in [0.29, 0.717) is 24.8 Å². The Morgan fingerprint density at radius 1 is 1.30 bits per heavy atom. The first kappa shape index (κ1) is 24.1. The molecule has 4 atom stereocenters. The Morgan fingerprint density at radius 2 is 1.97 bits per heavy atom. The molecule has 1 heterocycles. The molecule has 2 rings (SSSR count). The van der Waals surface area contributed by atoms with Gasteiger partial charge in [0.15, 0.2) is 0 Å². The van der Waals surface area contributed by atoms with Crippen molar-refractivity contribution in [2.45, 2.75) is 63.9 Å². The Morgan fingerprint density at radius 3 is 2.57 bits per heavy atom. The van der Waals surface area contributed by atoms with Crippen molar-refractivity contribution >= 4 is 25.4 Å². The van der Waals surface area contributed by atoms with Gasteiger partial charge < -0.3 is 20.2 Å². The van der Waals surface area contributed by atoms with Gasteiger partial charge in [-0.3, -0.25) is 18.7 Å². The van der Waals surface area contributed by atoms with Gasteiger partial charge >= 0.3 is 13.6 Å². The molecule has 2 amide bonds. The zero-order valence-electron chi connectivity index (χ0n) is 17.2. The van der Waals surface area contributed by atoms with Crippen LogP contribution in [0.25, 0.3) is 0 Å². The van der Waals surface area contributed by atoms with Gasteiger partial charge in [-0.05, 0) is 38.3 Å². The molecule has 30 heavy (non-hydrogen) atoms. The topological polar surface area (TPSA) is 133 Å². The molecule has 10 heteroatoms. The fourth-order valence-corrected chi connectivity index (χ4v) is 4.88. The fraction of sp³-hybridized carbons (Fsp3) is 0.550. The summed E-state index contributed by atoms with van der Waals surface area (Å²) in [6.07, 6.45) is 1.06. The highest BCUT2D eigenvalue weighted by molar-refractivity contribution is 7.53. The zero-order valence-corrected chi connectivity index (χ0v) is 18.1. The Bertz CT molecular complexity index is 802. The van der Waals surface area contributed by atoms with Gasteiger partial charge in [0.1, 0.15) is 17.9 Å². The molecule has 1 fully saturated rings. The summed E-state index contributed by atoms with van der Waals surface area (Å²) in [4.78, 5) is 48.2. The first-order valence-electron chi connectivity index (χ1n) is 10.1. The second-order valence-electron chi connectivity index (χ2n) is 7.34. The van der Waals surface area contributed by atoms with Gasteiger partial charge in [-0.15, -0.1) is 0 Å². The van der Waals surface area contributed by atoms with Crippen molar-refractivity contribution in [1.29, 1.82) is 0 Å². The third kappa shape index (κ3) is 6.14. The highest BCUT2D eigenvalue weighted by Crippen LogP contribution is 2.49. The Hall–Kier alpha value is -2.22. The van der Waals surface area contributed by atoms with E-state index in [-0.39, 0.29) is 13.0 Å². The number of likely N-dealkylation sites (tertiary alicyclic amines) is 1. The third-order valence-corrected chi connectivity index (χ3v) is 6.83. The van der Waals surface area contributed by atoms with Crippen molar-refractivity contribution < 1.29 is 33.5 Å². The summed E-state index contributed by atoms with van der Waals surface area (Å²) >= 11 is 0. The lowest BCUT2D eigenvalue weighted by molar-refractivity contribution is -0.151. The van der Waals surface area contributed by atoms with Crippen LogP contribution in [0.5, 0.6) is 0 Å². The minimum Gasteiger partial charge on any atom is -0.480 e. The van der Waals surface area contributed by atoms with Crippen LogP contribution in [0.4, 0.5) is 0 Å². The highest BCUT2D eigenvalue weighted by Gasteiger charge is 2.41. The van der Waals surface area contributed by atoms with E-state index in [0.717, 1.165) is 11.3 Å². The molecule has 1 aromatic carbocycles. The van der Waals surface area contributed by atoms with E-state index in [1.165, 1.54) is 6.92 Å². The maximum atomic E-state index is 13.0. The number of hydrogen-bond acceptors (Lipinski definition) is 5. The molecule has 9 nitrogen and oxygen atoms in total. The second kappa shape index (κ2) is 10.7. The summed E-state index contributed by atoms with van der Waals surface area (Å²) in [6, 6.07) is 7.32. The van der Waals surface area contributed by atoms with Crippen LogP contribution in [0.15, 0.2) is 30.3 Å². The number of aliphatic carboxylic acids is 1. The van der Waals surface area contributed by atoms with E-state index in [9.17, 15) is 28.9 Å². The smallest absolute Gasteiger partial charge is 0.350 e. The van der Waals surface area contributed by atoms with Crippen molar-refractivity contribution in [3.63, 3.8) is 0 Å². The number of nitrogens with zero attached hydrogens (tertiary/aromatic N) is 1. The standard InChI is InChI=1S/C20H29N2O7P/c1-3-4-12-17(21-18(23)15-9-6-5-7-10-15)30(27,28)29-14(2)19(24)22-13-8-11-16(22)20(25)26/h5-7,9-10,14,16-17H,3-4,8,11-13H2,1-2H3,(H,21,23)(H,25,26)(H,27,28)/t14?,16-,17-/m0/s1. The molecule has 0 saturated carbocycles. The van der Waals surface area contributed by atoms with Crippen LogP contribution in [0.2, 0.25) is 0 Å². The summed E-state index contributed by atoms with van der Waals surface area (Å²) in [5, 5.41) is 11.8. The van der Waals surface area contributed by atoms with Crippen LogP contribution in [-0.2, 0) is 18.7 Å². The van der Waals surface area contributed by atoms with E-state index in [1.807, 2.05) is 6.92 Å². The Labute approximate surface area is 175 Å². The third-order valence-electron chi connectivity index (χ3n) is 5.04. The number of hydrogen-bond donors (Lipinski definition) is 3. The number of carboxylic acids is 1. The van der Waals surface area contributed by atoms with Crippen LogP contribution >= 0.6 is 7.60 Å². The van der Waals surface area contributed by atoms with Gasteiger partial charge in [-0.2, -0.15) is 0 Å². The maximum absolute atomic E-state index is 13.0. The van der Waals surface area contributed by atoms with Crippen molar-refractivity contribution in [1.82, 2.24) is 10.2 Å². The number of benzene rings is 1. The fourth-order valence-electron chi connectivity index (χ4n) is 3.40. The minimum absolute atomic E-state index is 0.200. The van der Waals surface area contributed by atoms with Crippen molar-refractivity contribution in [3.8, 4) is 0 Å². The van der Waals surface area contributed by atoms with Crippen LogP contribution in [-0.4, -0.2) is 57.2 Å². The molecular weight excluding hydrogens is 411 g/mol. The average molecular weight is 440 g/mol.